The molecule has 4 aliphatic carbocycles. The molecule has 5 aliphatic rings. The van der Waals surface area contributed by atoms with Gasteiger partial charge in [-0.3, -0.25) is 9.69 Å². The summed E-state index contributed by atoms with van der Waals surface area (Å²) in [5.74, 6) is 1.26. The van der Waals surface area contributed by atoms with Gasteiger partial charge in [-0.05, 0) is 103 Å². The Hall–Kier alpha value is -3.05. The van der Waals surface area contributed by atoms with Gasteiger partial charge in [-0.25, -0.2) is 4.68 Å². The van der Waals surface area contributed by atoms with Gasteiger partial charge in [0.05, 0.1) is 28.2 Å². The van der Waals surface area contributed by atoms with E-state index in [1.807, 2.05) is 27.6 Å². The van der Waals surface area contributed by atoms with Crippen molar-refractivity contribution in [1.82, 2.24) is 29.4 Å². The first-order valence-electron chi connectivity index (χ1n) is 15.1. The van der Waals surface area contributed by atoms with Crippen molar-refractivity contribution >= 4 is 27.7 Å². The molecule has 2 atom stereocenters. The fourth-order valence-corrected chi connectivity index (χ4v) is 9.54. The van der Waals surface area contributed by atoms with Gasteiger partial charge >= 0.3 is 5.82 Å². The van der Waals surface area contributed by atoms with Crippen LogP contribution in [0.5, 0.6) is 0 Å². The van der Waals surface area contributed by atoms with E-state index in [1.54, 1.807) is 6.20 Å². The van der Waals surface area contributed by atoms with Crippen LogP contribution in [-0.4, -0.2) is 66.4 Å². The molecule has 1 aliphatic heterocycles. The third-order valence-corrected chi connectivity index (χ3v) is 11.1. The number of aromatic nitrogens is 4. The van der Waals surface area contributed by atoms with Crippen LogP contribution in [0.15, 0.2) is 41.0 Å². The SMILES string of the molecule is Cc1nn(-c2ccccc2)c(C)c1CN1CCN(C(=O)CC23CC4CC(C2)CC(n2cc(Br)c([N+](=O)[O-])n2)(C4)C3)CC1. The molecule has 11 heteroatoms. The smallest absolute Gasteiger partial charge is 0.358 e. The van der Waals surface area contributed by atoms with Crippen LogP contribution in [0.4, 0.5) is 5.82 Å². The van der Waals surface area contributed by atoms with Gasteiger partial charge in [-0.1, -0.05) is 18.2 Å². The summed E-state index contributed by atoms with van der Waals surface area (Å²) in [7, 11) is 0. The summed E-state index contributed by atoms with van der Waals surface area (Å²) in [5, 5.41) is 20.8. The predicted molar refractivity (Wildman–Crippen MR) is 161 cm³/mol. The maximum Gasteiger partial charge on any atom is 0.404 e. The normalized spacial score (nSPS) is 28.9. The van der Waals surface area contributed by atoms with Gasteiger partial charge in [0.25, 0.3) is 0 Å². The summed E-state index contributed by atoms with van der Waals surface area (Å²) >= 11 is 3.35. The van der Waals surface area contributed by atoms with E-state index in [4.69, 9.17) is 5.10 Å². The van der Waals surface area contributed by atoms with Crippen LogP contribution in [0.2, 0.25) is 0 Å². The highest BCUT2D eigenvalue weighted by Gasteiger charge is 2.60. The number of benzene rings is 1. The first-order chi connectivity index (χ1) is 20.1. The summed E-state index contributed by atoms with van der Waals surface area (Å²) in [6.07, 6.45) is 8.65. The molecule has 42 heavy (non-hydrogen) atoms. The van der Waals surface area contributed by atoms with Crippen LogP contribution in [0.1, 0.15) is 61.9 Å². The fourth-order valence-electron chi connectivity index (χ4n) is 9.12. The van der Waals surface area contributed by atoms with Crippen molar-refractivity contribution in [3.63, 3.8) is 0 Å². The van der Waals surface area contributed by atoms with Crippen LogP contribution in [-0.2, 0) is 16.9 Å². The molecule has 0 spiro atoms. The highest BCUT2D eigenvalue weighted by Crippen LogP contribution is 2.65. The Labute approximate surface area is 254 Å². The lowest BCUT2D eigenvalue weighted by molar-refractivity contribution is -0.390. The molecule has 3 aromatic rings. The number of halogens is 1. The van der Waals surface area contributed by atoms with Crippen molar-refractivity contribution < 1.29 is 9.72 Å². The summed E-state index contributed by atoms with van der Waals surface area (Å²) in [6, 6.07) is 10.2. The molecule has 10 nitrogen and oxygen atoms in total. The second kappa shape index (κ2) is 10.3. The maximum absolute atomic E-state index is 13.8. The number of para-hydroxylation sites is 1. The minimum absolute atomic E-state index is 0.0360. The van der Waals surface area contributed by atoms with E-state index in [-0.39, 0.29) is 22.7 Å². The summed E-state index contributed by atoms with van der Waals surface area (Å²) < 4.78 is 4.35. The number of hydrogen-bond acceptors (Lipinski definition) is 6. The summed E-state index contributed by atoms with van der Waals surface area (Å²) in [4.78, 5) is 29.4. The van der Waals surface area contributed by atoms with Crippen molar-refractivity contribution in [3.05, 3.63) is 68.1 Å². The van der Waals surface area contributed by atoms with E-state index in [0.717, 1.165) is 76.2 Å². The lowest BCUT2D eigenvalue weighted by Gasteiger charge is -2.61. The van der Waals surface area contributed by atoms with Crippen LogP contribution >= 0.6 is 15.9 Å². The standard InChI is InChI=1S/C31H38BrN7O3/c1-21-26(22(2)38(33-21)25-6-4-3-5-7-25)18-35-8-10-36(11-9-35)28(40)17-30-13-23-12-24(14-30)16-31(15-23,20-30)37-19-27(32)29(34-37)39(41)42/h3-7,19,23-24H,8-18,20H2,1-2H3. The zero-order valence-electron chi connectivity index (χ0n) is 24.3. The Morgan fingerprint density at radius 2 is 1.74 bits per heavy atom. The second-order valence-electron chi connectivity index (χ2n) is 13.4. The van der Waals surface area contributed by atoms with Crippen molar-refractivity contribution in [2.45, 2.75) is 70.9 Å². The Bertz CT molecular complexity index is 1510. The number of carbonyl (C=O) groups excluding carboxylic acids is 1. The van der Waals surface area contributed by atoms with Crippen molar-refractivity contribution in [2.24, 2.45) is 17.3 Å². The van der Waals surface area contributed by atoms with Crippen LogP contribution in [0.3, 0.4) is 0 Å². The number of hydrogen-bond donors (Lipinski definition) is 0. The lowest BCUT2D eigenvalue weighted by Crippen LogP contribution is -2.58. The quantitative estimate of drug-likeness (QED) is 0.255. The minimum atomic E-state index is -0.419. The van der Waals surface area contributed by atoms with Crippen molar-refractivity contribution in [3.8, 4) is 5.69 Å². The number of carbonyl (C=O) groups is 1. The average molecular weight is 637 g/mol. The largest absolute Gasteiger partial charge is 0.404 e. The van der Waals surface area contributed by atoms with Gasteiger partial charge in [0.1, 0.15) is 4.47 Å². The first kappa shape index (κ1) is 27.8. The third-order valence-electron chi connectivity index (χ3n) is 10.5. The fraction of sp³-hybridized carbons (Fsp3) is 0.581. The average Bonchev–Trinajstić information content (AvgIpc) is 3.49. The highest BCUT2D eigenvalue weighted by molar-refractivity contribution is 9.10. The zero-order valence-corrected chi connectivity index (χ0v) is 25.9. The lowest BCUT2D eigenvalue weighted by atomic mass is 9.46. The van der Waals surface area contributed by atoms with E-state index in [1.165, 1.54) is 17.7 Å². The van der Waals surface area contributed by atoms with E-state index in [2.05, 4.69) is 56.8 Å². The number of nitro groups is 1. The Morgan fingerprint density at radius 3 is 2.38 bits per heavy atom. The van der Waals surface area contributed by atoms with Crippen LogP contribution in [0, 0.1) is 41.2 Å². The monoisotopic (exact) mass is 635 g/mol. The van der Waals surface area contributed by atoms with Crippen molar-refractivity contribution in [1.29, 1.82) is 0 Å². The molecule has 5 fully saturated rings. The number of aryl methyl sites for hydroxylation is 1. The molecule has 8 rings (SSSR count). The molecule has 4 bridgehead atoms. The van der Waals surface area contributed by atoms with E-state index >= 15 is 0 Å². The number of piperazine rings is 1. The molecular weight excluding hydrogens is 598 g/mol. The molecular formula is C31H38BrN7O3. The topological polar surface area (TPSA) is 102 Å². The number of rotatable bonds is 7. The molecule has 3 heterocycles. The summed E-state index contributed by atoms with van der Waals surface area (Å²) in [5.41, 5.74) is 4.31. The second-order valence-corrected chi connectivity index (χ2v) is 14.3. The van der Waals surface area contributed by atoms with Gasteiger partial charge in [-0.2, -0.15) is 9.78 Å². The van der Waals surface area contributed by atoms with Gasteiger partial charge in [0, 0.05) is 50.4 Å². The molecule has 2 aromatic heterocycles. The first-order valence-corrected chi connectivity index (χ1v) is 15.9. The molecule has 222 valence electrons. The molecule has 1 aromatic carbocycles. The Kier molecular flexibility index (Phi) is 6.80. The third kappa shape index (κ3) is 4.78. The predicted octanol–water partition coefficient (Wildman–Crippen LogP) is 5.39. The van der Waals surface area contributed by atoms with E-state index in [0.29, 0.717) is 22.7 Å². The zero-order chi connectivity index (χ0) is 29.2. The molecule has 0 N–H and O–H groups in total. The molecule has 4 saturated carbocycles. The number of nitrogens with zero attached hydrogens (tertiary/aromatic N) is 7. The summed E-state index contributed by atoms with van der Waals surface area (Å²) in [6.45, 7) is 8.27. The molecule has 2 unspecified atom stereocenters. The Balaban J connectivity index is 1.01. The van der Waals surface area contributed by atoms with Crippen LogP contribution in [0.25, 0.3) is 5.69 Å². The van der Waals surface area contributed by atoms with Gasteiger partial charge in [-0.15, -0.1) is 0 Å². The highest BCUT2D eigenvalue weighted by atomic mass is 79.9. The van der Waals surface area contributed by atoms with E-state index in [9.17, 15) is 14.9 Å². The molecule has 1 amide bonds. The van der Waals surface area contributed by atoms with Gasteiger partial charge in [0.2, 0.25) is 5.91 Å². The Morgan fingerprint density at radius 1 is 1.05 bits per heavy atom. The van der Waals surface area contributed by atoms with E-state index < -0.39 is 4.92 Å². The van der Waals surface area contributed by atoms with Crippen molar-refractivity contribution in [2.75, 3.05) is 26.2 Å². The molecule has 1 saturated heterocycles. The van der Waals surface area contributed by atoms with Gasteiger partial charge < -0.3 is 15.0 Å². The van der Waals surface area contributed by atoms with Gasteiger partial charge in [0.15, 0.2) is 0 Å². The minimum Gasteiger partial charge on any atom is -0.358 e. The molecule has 0 radical (unpaired) electrons. The van der Waals surface area contributed by atoms with Crippen LogP contribution < -0.4 is 0 Å². The number of amides is 1. The maximum atomic E-state index is 13.8.